The van der Waals surface area contributed by atoms with Gasteiger partial charge in [0.2, 0.25) is 0 Å². The van der Waals surface area contributed by atoms with Crippen LogP contribution in [0, 0.1) is 5.92 Å². The van der Waals surface area contributed by atoms with Gasteiger partial charge >= 0.3 is 0 Å². The van der Waals surface area contributed by atoms with Gasteiger partial charge in [0.05, 0.1) is 11.7 Å². The average molecular weight is 275 g/mol. The zero-order valence-electron chi connectivity index (χ0n) is 12.9. The van der Waals surface area contributed by atoms with Crippen molar-refractivity contribution < 1.29 is 0 Å². The second-order valence-electron chi connectivity index (χ2n) is 7.30. The normalized spacial score (nSPS) is 32.4. The molecule has 0 bridgehead atoms. The average Bonchev–Trinajstić information content (AvgIpc) is 3.04. The summed E-state index contributed by atoms with van der Waals surface area (Å²) in [7, 11) is 0. The molecule has 0 aliphatic heterocycles. The minimum atomic E-state index is -0.0143. The van der Waals surface area contributed by atoms with Gasteiger partial charge in [0, 0.05) is 18.2 Å². The van der Waals surface area contributed by atoms with Crippen LogP contribution < -0.4 is 5.73 Å². The third-order valence-electron chi connectivity index (χ3n) is 5.40. The van der Waals surface area contributed by atoms with E-state index in [9.17, 15) is 0 Å². The van der Waals surface area contributed by atoms with E-state index in [0.717, 1.165) is 25.2 Å². The van der Waals surface area contributed by atoms with Crippen molar-refractivity contribution in [3.8, 4) is 0 Å². The van der Waals surface area contributed by atoms with E-state index in [0.29, 0.717) is 6.04 Å². The summed E-state index contributed by atoms with van der Waals surface area (Å²) in [6.45, 7) is 2.36. The Balaban J connectivity index is 1.64. The van der Waals surface area contributed by atoms with E-state index in [1.54, 1.807) is 0 Å². The lowest BCUT2D eigenvalue weighted by molar-refractivity contribution is 0.356. The Morgan fingerprint density at radius 2 is 2.00 bits per heavy atom. The van der Waals surface area contributed by atoms with Gasteiger partial charge in [-0.05, 0) is 44.1 Å². The topological polar surface area (TPSA) is 43.8 Å². The molecule has 0 amide bonds. The summed E-state index contributed by atoms with van der Waals surface area (Å²) in [5.41, 5.74) is 7.86. The van der Waals surface area contributed by atoms with Crippen LogP contribution in [0.2, 0.25) is 0 Å². The molecule has 0 aromatic carbocycles. The molecule has 2 atom stereocenters. The summed E-state index contributed by atoms with van der Waals surface area (Å²) in [4.78, 5) is 0. The van der Waals surface area contributed by atoms with E-state index >= 15 is 0 Å². The summed E-state index contributed by atoms with van der Waals surface area (Å²) >= 11 is 0. The molecule has 2 unspecified atom stereocenters. The molecule has 112 valence electrons. The summed E-state index contributed by atoms with van der Waals surface area (Å²) < 4.78 is 2.20. The van der Waals surface area contributed by atoms with Crippen molar-refractivity contribution in [2.24, 2.45) is 11.7 Å². The highest BCUT2D eigenvalue weighted by molar-refractivity contribution is 5.07. The number of rotatable bonds is 3. The quantitative estimate of drug-likeness (QED) is 0.852. The van der Waals surface area contributed by atoms with Gasteiger partial charge < -0.3 is 5.73 Å². The Labute approximate surface area is 122 Å². The Hall–Kier alpha value is -0.830. The fourth-order valence-electron chi connectivity index (χ4n) is 3.99. The summed E-state index contributed by atoms with van der Waals surface area (Å²) in [5.74, 6) is 0.844. The molecule has 1 aromatic rings. The van der Waals surface area contributed by atoms with Gasteiger partial charge in [0.25, 0.3) is 0 Å². The molecule has 2 N–H and O–H groups in total. The molecule has 20 heavy (non-hydrogen) atoms. The molecule has 1 aromatic heterocycles. The highest BCUT2D eigenvalue weighted by Crippen LogP contribution is 2.32. The molecule has 0 radical (unpaired) electrons. The van der Waals surface area contributed by atoms with E-state index in [2.05, 4.69) is 23.9 Å². The summed E-state index contributed by atoms with van der Waals surface area (Å²) in [6, 6.07) is 2.84. The van der Waals surface area contributed by atoms with Crippen LogP contribution in [0.3, 0.4) is 0 Å². The van der Waals surface area contributed by atoms with Crippen LogP contribution >= 0.6 is 0 Å². The van der Waals surface area contributed by atoms with Crippen LogP contribution in [0.4, 0.5) is 0 Å². The molecule has 2 fully saturated rings. The van der Waals surface area contributed by atoms with E-state index < -0.39 is 0 Å². The lowest BCUT2D eigenvalue weighted by Crippen LogP contribution is -2.41. The van der Waals surface area contributed by atoms with Crippen LogP contribution in [0.25, 0.3) is 0 Å². The molecule has 2 aliphatic carbocycles. The van der Waals surface area contributed by atoms with Crippen molar-refractivity contribution in [1.82, 2.24) is 9.78 Å². The van der Waals surface area contributed by atoms with Crippen molar-refractivity contribution in [1.29, 1.82) is 0 Å². The van der Waals surface area contributed by atoms with Gasteiger partial charge in [-0.25, -0.2) is 0 Å². The fraction of sp³-hybridized carbons (Fsp3) is 0.824. The first-order valence-corrected chi connectivity index (χ1v) is 8.48. The van der Waals surface area contributed by atoms with E-state index in [1.807, 2.05) is 0 Å². The standard InChI is InChI=1S/C17H29N3/c1-14-5-4-10-17(18,11-8-14)13-15-9-12-20(19-15)16-6-2-3-7-16/h9,12,14,16H,2-8,10-11,13,18H2,1H3. The minimum Gasteiger partial charge on any atom is -0.325 e. The lowest BCUT2D eigenvalue weighted by atomic mass is 9.86. The number of aromatic nitrogens is 2. The zero-order chi connectivity index (χ0) is 14.0. The Morgan fingerprint density at radius 1 is 1.20 bits per heavy atom. The van der Waals surface area contributed by atoms with Gasteiger partial charge in [0.1, 0.15) is 0 Å². The first-order valence-electron chi connectivity index (χ1n) is 8.48. The molecular formula is C17H29N3. The van der Waals surface area contributed by atoms with E-state index in [-0.39, 0.29) is 5.54 Å². The Morgan fingerprint density at radius 3 is 2.80 bits per heavy atom. The molecule has 2 saturated carbocycles. The van der Waals surface area contributed by atoms with Crippen LogP contribution in [0.15, 0.2) is 12.3 Å². The first-order chi connectivity index (χ1) is 9.65. The number of nitrogens with zero attached hydrogens (tertiary/aromatic N) is 2. The fourth-order valence-corrected chi connectivity index (χ4v) is 3.99. The predicted molar refractivity (Wildman–Crippen MR) is 82.6 cm³/mol. The van der Waals surface area contributed by atoms with Crippen molar-refractivity contribution in [3.05, 3.63) is 18.0 Å². The SMILES string of the molecule is CC1CCCC(N)(Cc2ccn(C3CCCC3)n2)CC1. The minimum absolute atomic E-state index is 0.0143. The van der Waals surface area contributed by atoms with Gasteiger partial charge in [-0.1, -0.05) is 32.6 Å². The monoisotopic (exact) mass is 275 g/mol. The van der Waals surface area contributed by atoms with Crippen molar-refractivity contribution >= 4 is 0 Å². The molecule has 3 rings (SSSR count). The molecule has 3 heteroatoms. The van der Waals surface area contributed by atoms with E-state index in [4.69, 9.17) is 10.8 Å². The van der Waals surface area contributed by atoms with Gasteiger partial charge in [0.15, 0.2) is 0 Å². The van der Waals surface area contributed by atoms with Crippen LogP contribution in [0.5, 0.6) is 0 Å². The second-order valence-corrected chi connectivity index (χ2v) is 7.30. The number of hydrogen-bond acceptors (Lipinski definition) is 2. The lowest BCUT2D eigenvalue weighted by Gasteiger charge is -2.27. The van der Waals surface area contributed by atoms with Gasteiger partial charge in [-0.2, -0.15) is 5.10 Å². The molecule has 2 aliphatic rings. The predicted octanol–water partition coefficient (Wildman–Crippen LogP) is 3.84. The highest BCUT2D eigenvalue weighted by atomic mass is 15.3. The molecule has 0 spiro atoms. The Bertz CT molecular complexity index is 433. The van der Waals surface area contributed by atoms with Crippen LogP contribution in [0.1, 0.15) is 76.4 Å². The molecular weight excluding hydrogens is 246 g/mol. The molecule has 1 heterocycles. The zero-order valence-corrected chi connectivity index (χ0v) is 12.9. The highest BCUT2D eigenvalue weighted by Gasteiger charge is 2.29. The third-order valence-corrected chi connectivity index (χ3v) is 5.40. The maximum atomic E-state index is 6.67. The van der Waals surface area contributed by atoms with E-state index in [1.165, 1.54) is 50.6 Å². The maximum absolute atomic E-state index is 6.67. The second kappa shape index (κ2) is 5.88. The van der Waals surface area contributed by atoms with Gasteiger partial charge in [-0.15, -0.1) is 0 Å². The largest absolute Gasteiger partial charge is 0.325 e. The smallest absolute Gasteiger partial charge is 0.0643 e. The first kappa shape index (κ1) is 14.1. The maximum Gasteiger partial charge on any atom is 0.0643 e. The molecule has 3 nitrogen and oxygen atoms in total. The van der Waals surface area contributed by atoms with Crippen molar-refractivity contribution in [2.75, 3.05) is 0 Å². The van der Waals surface area contributed by atoms with Gasteiger partial charge in [-0.3, -0.25) is 4.68 Å². The van der Waals surface area contributed by atoms with Crippen LogP contribution in [-0.2, 0) is 6.42 Å². The van der Waals surface area contributed by atoms with Crippen molar-refractivity contribution in [3.63, 3.8) is 0 Å². The number of hydrogen-bond donors (Lipinski definition) is 1. The summed E-state index contributed by atoms with van der Waals surface area (Å²) in [5, 5.41) is 4.82. The van der Waals surface area contributed by atoms with Crippen LogP contribution in [-0.4, -0.2) is 15.3 Å². The molecule has 0 saturated heterocycles. The number of nitrogens with two attached hydrogens (primary N) is 1. The van der Waals surface area contributed by atoms with Crippen molar-refractivity contribution in [2.45, 2.75) is 82.7 Å². The third kappa shape index (κ3) is 3.25. The summed E-state index contributed by atoms with van der Waals surface area (Å²) in [6.07, 6.45) is 14.7. The Kier molecular flexibility index (Phi) is 4.16.